The minimum absolute atomic E-state index is 0.119. The molecular weight excluding hydrogens is 196 g/mol. The zero-order valence-corrected chi connectivity index (χ0v) is 9.56. The van der Waals surface area contributed by atoms with Gasteiger partial charge in [-0.15, -0.1) is 0 Å². The minimum Gasteiger partial charge on any atom is -0.383 e. The van der Waals surface area contributed by atoms with E-state index in [2.05, 4.69) is 0 Å². The molecule has 0 spiro atoms. The molecule has 3 N–H and O–H groups in total. The third kappa shape index (κ3) is 4.04. The van der Waals surface area contributed by atoms with Gasteiger partial charge in [0, 0.05) is 19.7 Å². The Hall–Kier alpha value is -0.200. The average molecular weight is 218 g/mol. The van der Waals surface area contributed by atoms with Crippen molar-refractivity contribution in [2.45, 2.75) is 31.2 Å². The molecule has 90 valence electrons. The monoisotopic (exact) mass is 218 g/mol. The first-order valence-electron chi connectivity index (χ1n) is 5.39. The molecule has 15 heavy (non-hydrogen) atoms. The molecule has 1 rings (SSSR count). The fraction of sp³-hybridized carbons (Fsp3) is 1.00. The smallest absolute Gasteiger partial charge is 0.133 e. The van der Waals surface area contributed by atoms with Crippen molar-refractivity contribution < 1.29 is 14.6 Å². The Labute approximate surface area is 91.1 Å². The standard InChI is InChI=1S/C10H22N2O3/c1-12(5-6-14-2)10(13)9-4-3-8(11)7-15-9/h8-10,13H,3-7,11H2,1-2H3/t8-,9+,10?/m1/s1. The van der Waals surface area contributed by atoms with Gasteiger partial charge in [0.1, 0.15) is 6.23 Å². The molecule has 1 saturated heterocycles. The van der Waals surface area contributed by atoms with E-state index in [1.54, 1.807) is 7.11 Å². The number of hydrogen-bond acceptors (Lipinski definition) is 5. The van der Waals surface area contributed by atoms with Crippen LogP contribution in [0.2, 0.25) is 0 Å². The number of nitrogens with zero attached hydrogens (tertiary/aromatic N) is 1. The summed E-state index contributed by atoms with van der Waals surface area (Å²) in [7, 11) is 3.51. The van der Waals surface area contributed by atoms with Crippen molar-refractivity contribution in [1.82, 2.24) is 4.90 Å². The second kappa shape index (κ2) is 6.40. The number of hydrogen-bond donors (Lipinski definition) is 2. The van der Waals surface area contributed by atoms with E-state index in [9.17, 15) is 5.11 Å². The third-order valence-electron chi connectivity index (χ3n) is 2.78. The highest BCUT2D eigenvalue weighted by molar-refractivity contribution is 4.77. The molecule has 5 heteroatoms. The van der Waals surface area contributed by atoms with E-state index in [0.29, 0.717) is 19.8 Å². The summed E-state index contributed by atoms with van der Waals surface area (Å²) in [6.45, 7) is 1.85. The van der Waals surface area contributed by atoms with Crippen LogP contribution in [0.4, 0.5) is 0 Å². The Morgan fingerprint density at radius 3 is 2.87 bits per heavy atom. The second-order valence-corrected chi connectivity index (χ2v) is 4.10. The second-order valence-electron chi connectivity index (χ2n) is 4.10. The van der Waals surface area contributed by atoms with E-state index >= 15 is 0 Å². The van der Waals surface area contributed by atoms with Gasteiger partial charge in [0.25, 0.3) is 0 Å². The first kappa shape index (κ1) is 12.9. The maximum atomic E-state index is 9.96. The molecule has 1 aliphatic heterocycles. The number of ether oxygens (including phenoxy) is 2. The van der Waals surface area contributed by atoms with Crippen molar-refractivity contribution in [3.63, 3.8) is 0 Å². The fourth-order valence-corrected chi connectivity index (χ4v) is 1.68. The summed E-state index contributed by atoms with van der Waals surface area (Å²) < 4.78 is 10.4. The predicted octanol–water partition coefficient (Wildman–Crippen LogP) is -0.611. The summed E-state index contributed by atoms with van der Waals surface area (Å²) in [4.78, 5) is 1.84. The Morgan fingerprint density at radius 1 is 1.60 bits per heavy atom. The van der Waals surface area contributed by atoms with E-state index in [-0.39, 0.29) is 12.1 Å². The fourth-order valence-electron chi connectivity index (χ4n) is 1.68. The number of aliphatic hydroxyl groups excluding tert-OH is 1. The minimum atomic E-state index is -0.562. The van der Waals surface area contributed by atoms with Crippen LogP contribution in [0, 0.1) is 0 Å². The molecule has 1 unspecified atom stereocenters. The Kier molecular flexibility index (Phi) is 5.49. The van der Waals surface area contributed by atoms with Crippen molar-refractivity contribution in [2.24, 2.45) is 5.73 Å². The van der Waals surface area contributed by atoms with Crippen LogP contribution >= 0.6 is 0 Å². The number of nitrogens with two attached hydrogens (primary N) is 1. The lowest BCUT2D eigenvalue weighted by atomic mass is 10.0. The van der Waals surface area contributed by atoms with Gasteiger partial charge in [0.15, 0.2) is 0 Å². The van der Waals surface area contributed by atoms with Crippen LogP contribution in [0.25, 0.3) is 0 Å². The highest BCUT2D eigenvalue weighted by atomic mass is 16.5. The van der Waals surface area contributed by atoms with Gasteiger partial charge in [-0.25, -0.2) is 0 Å². The molecule has 0 radical (unpaired) electrons. The van der Waals surface area contributed by atoms with Crippen LogP contribution in [-0.2, 0) is 9.47 Å². The summed E-state index contributed by atoms with van der Waals surface area (Å²) in [6.07, 6.45) is 1.05. The molecule has 0 amide bonds. The molecule has 1 fully saturated rings. The molecular formula is C10H22N2O3. The maximum Gasteiger partial charge on any atom is 0.133 e. The summed E-state index contributed by atoms with van der Waals surface area (Å²) in [5, 5.41) is 9.96. The topological polar surface area (TPSA) is 68.0 Å². The SMILES string of the molecule is COCCN(C)C(O)[C@@H]1CC[C@@H](N)CO1. The lowest BCUT2D eigenvalue weighted by Gasteiger charge is -2.34. The summed E-state index contributed by atoms with van der Waals surface area (Å²) in [5.74, 6) is 0. The highest BCUT2D eigenvalue weighted by Gasteiger charge is 2.27. The van der Waals surface area contributed by atoms with E-state index in [0.717, 1.165) is 12.8 Å². The predicted molar refractivity (Wildman–Crippen MR) is 57.5 cm³/mol. The van der Waals surface area contributed by atoms with Crippen LogP contribution in [0.1, 0.15) is 12.8 Å². The van der Waals surface area contributed by atoms with Crippen molar-refractivity contribution >= 4 is 0 Å². The van der Waals surface area contributed by atoms with Crippen LogP contribution < -0.4 is 5.73 Å². The van der Waals surface area contributed by atoms with Crippen LogP contribution in [0.3, 0.4) is 0 Å². The zero-order chi connectivity index (χ0) is 11.3. The van der Waals surface area contributed by atoms with Gasteiger partial charge in [0.2, 0.25) is 0 Å². The third-order valence-corrected chi connectivity index (χ3v) is 2.78. The molecule has 0 aliphatic carbocycles. The normalized spacial score (nSPS) is 29.4. The average Bonchev–Trinajstić information content (AvgIpc) is 2.26. The van der Waals surface area contributed by atoms with Gasteiger partial charge in [-0.1, -0.05) is 0 Å². The van der Waals surface area contributed by atoms with E-state index in [1.165, 1.54) is 0 Å². The van der Waals surface area contributed by atoms with Crippen molar-refractivity contribution in [1.29, 1.82) is 0 Å². The van der Waals surface area contributed by atoms with E-state index < -0.39 is 6.23 Å². The molecule has 0 aromatic carbocycles. The number of methoxy groups -OCH3 is 1. The quantitative estimate of drug-likeness (QED) is 0.603. The molecule has 0 aromatic rings. The van der Waals surface area contributed by atoms with Gasteiger partial charge in [-0.2, -0.15) is 0 Å². The largest absolute Gasteiger partial charge is 0.383 e. The zero-order valence-electron chi connectivity index (χ0n) is 9.56. The first-order chi connectivity index (χ1) is 7.15. The van der Waals surface area contributed by atoms with Crippen molar-refractivity contribution in [3.05, 3.63) is 0 Å². The molecule has 3 atom stereocenters. The lowest BCUT2D eigenvalue weighted by Crippen LogP contribution is -2.48. The number of rotatable bonds is 5. The Bertz CT molecular complexity index is 172. The first-order valence-corrected chi connectivity index (χ1v) is 5.39. The van der Waals surface area contributed by atoms with Crippen LogP contribution in [0.15, 0.2) is 0 Å². The number of aliphatic hydroxyl groups is 1. The number of likely N-dealkylation sites (N-methyl/N-ethyl adjacent to an activating group) is 1. The molecule has 5 nitrogen and oxygen atoms in total. The Balaban J connectivity index is 2.29. The molecule has 1 heterocycles. The van der Waals surface area contributed by atoms with Gasteiger partial charge in [-0.05, 0) is 19.9 Å². The van der Waals surface area contributed by atoms with Gasteiger partial charge in [0.05, 0.1) is 19.3 Å². The summed E-state index contributed by atoms with van der Waals surface area (Å²) in [5.41, 5.74) is 5.71. The van der Waals surface area contributed by atoms with Crippen LogP contribution in [0.5, 0.6) is 0 Å². The molecule has 0 bridgehead atoms. The highest BCUT2D eigenvalue weighted by Crippen LogP contribution is 2.16. The molecule has 0 saturated carbocycles. The van der Waals surface area contributed by atoms with Gasteiger partial charge < -0.3 is 20.3 Å². The Morgan fingerprint density at radius 2 is 2.33 bits per heavy atom. The van der Waals surface area contributed by atoms with Crippen molar-refractivity contribution in [2.75, 3.05) is 33.9 Å². The summed E-state index contributed by atoms with van der Waals surface area (Å²) in [6, 6.07) is 0.123. The maximum absolute atomic E-state index is 9.96. The van der Waals surface area contributed by atoms with Gasteiger partial charge >= 0.3 is 0 Å². The van der Waals surface area contributed by atoms with Gasteiger partial charge in [-0.3, -0.25) is 4.90 Å². The lowest BCUT2D eigenvalue weighted by molar-refractivity contribution is -0.126. The van der Waals surface area contributed by atoms with Crippen LogP contribution in [-0.4, -0.2) is 62.3 Å². The molecule has 1 aliphatic rings. The van der Waals surface area contributed by atoms with E-state index in [1.807, 2.05) is 11.9 Å². The van der Waals surface area contributed by atoms with Crippen molar-refractivity contribution in [3.8, 4) is 0 Å². The van der Waals surface area contributed by atoms with E-state index in [4.69, 9.17) is 15.2 Å². The molecule has 0 aromatic heterocycles. The summed E-state index contributed by atoms with van der Waals surface area (Å²) >= 11 is 0.